The lowest BCUT2D eigenvalue weighted by Gasteiger charge is -2.44. The summed E-state index contributed by atoms with van der Waals surface area (Å²) in [6.45, 7) is 5.98. The molecule has 0 aromatic heterocycles. The topological polar surface area (TPSA) is 38.5 Å². The molecular formula is C12H16ClFN2O. The molecule has 0 amide bonds. The largest absolute Gasteiger partial charge is 0.397 e. The number of hydrogen-bond acceptors (Lipinski definition) is 3. The summed E-state index contributed by atoms with van der Waals surface area (Å²) in [4.78, 5) is 2.06. The number of nitrogens with two attached hydrogens (primary N) is 1. The molecule has 1 aromatic carbocycles. The second kappa shape index (κ2) is 4.35. The number of ether oxygens (including phenoxy) is 1. The minimum Gasteiger partial charge on any atom is -0.397 e. The van der Waals surface area contributed by atoms with Crippen LogP contribution in [0.3, 0.4) is 0 Å². The van der Waals surface area contributed by atoms with E-state index in [0.717, 1.165) is 0 Å². The Kier molecular flexibility index (Phi) is 3.19. The zero-order valence-electron chi connectivity index (χ0n) is 9.96. The van der Waals surface area contributed by atoms with Gasteiger partial charge in [-0.25, -0.2) is 4.39 Å². The predicted molar refractivity (Wildman–Crippen MR) is 68.1 cm³/mol. The van der Waals surface area contributed by atoms with Crippen LogP contribution >= 0.6 is 11.6 Å². The number of hydrogen-bond donors (Lipinski definition) is 1. The van der Waals surface area contributed by atoms with Gasteiger partial charge in [-0.2, -0.15) is 0 Å². The fraction of sp³-hybridized carbons (Fsp3) is 0.500. The Labute approximate surface area is 105 Å². The molecule has 0 aliphatic carbocycles. The standard InChI is InChI=1S/C12H16ClFN2O/c1-12(2)7-17-4-3-16(12)11-6-9(14)8(13)5-10(11)15/h5-6H,3-4,7,15H2,1-2H3. The van der Waals surface area contributed by atoms with Crippen LogP contribution in [-0.2, 0) is 4.74 Å². The Balaban J connectivity index is 2.42. The Bertz CT molecular complexity index is 437. The van der Waals surface area contributed by atoms with Crippen LogP contribution in [-0.4, -0.2) is 25.3 Å². The highest BCUT2D eigenvalue weighted by Crippen LogP contribution is 2.34. The third kappa shape index (κ3) is 2.33. The van der Waals surface area contributed by atoms with Gasteiger partial charge in [0.1, 0.15) is 5.82 Å². The van der Waals surface area contributed by atoms with Crippen LogP contribution in [0.5, 0.6) is 0 Å². The second-order valence-electron chi connectivity index (χ2n) is 4.84. The van der Waals surface area contributed by atoms with Gasteiger partial charge in [0.15, 0.2) is 0 Å². The quantitative estimate of drug-likeness (QED) is 0.787. The lowest BCUT2D eigenvalue weighted by Crippen LogP contribution is -2.53. The summed E-state index contributed by atoms with van der Waals surface area (Å²) >= 11 is 5.70. The predicted octanol–water partition coefficient (Wildman–Crippen LogP) is 2.68. The minimum absolute atomic E-state index is 0.0531. The van der Waals surface area contributed by atoms with Crippen LogP contribution in [0.25, 0.3) is 0 Å². The molecule has 3 nitrogen and oxygen atoms in total. The molecule has 1 aliphatic rings. The van der Waals surface area contributed by atoms with E-state index in [1.807, 2.05) is 13.8 Å². The Morgan fingerprint density at radius 3 is 2.82 bits per heavy atom. The first-order valence-electron chi connectivity index (χ1n) is 5.52. The Morgan fingerprint density at radius 1 is 1.47 bits per heavy atom. The molecule has 2 N–H and O–H groups in total. The first-order valence-corrected chi connectivity index (χ1v) is 5.89. The van der Waals surface area contributed by atoms with Gasteiger partial charge in [-0.3, -0.25) is 0 Å². The van der Waals surface area contributed by atoms with Crippen LogP contribution in [0.2, 0.25) is 5.02 Å². The summed E-state index contributed by atoms with van der Waals surface area (Å²) in [6.07, 6.45) is 0. The molecule has 0 atom stereocenters. The summed E-state index contributed by atoms with van der Waals surface area (Å²) in [5.41, 5.74) is 6.88. The average molecular weight is 259 g/mol. The highest BCUT2D eigenvalue weighted by molar-refractivity contribution is 6.31. The van der Waals surface area contributed by atoms with Gasteiger partial charge in [-0.15, -0.1) is 0 Å². The molecule has 94 valence electrons. The normalized spacial score (nSPS) is 19.4. The molecule has 1 heterocycles. The zero-order chi connectivity index (χ0) is 12.6. The van der Waals surface area contributed by atoms with Gasteiger partial charge < -0.3 is 15.4 Å². The van der Waals surface area contributed by atoms with E-state index in [0.29, 0.717) is 31.1 Å². The van der Waals surface area contributed by atoms with Crippen LogP contribution < -0.4 is 10.6 Å². The molecule has 0 bridgehead atoms. The Morgan fingerprint density at radius 2 is 2.18 bits per heavy atom. The maximum Gasteiger partial charge on any atom is 0.144 e. The van der Waals surface area contributed by atoms with Gasteiger partial charge in [0.2, 0.25) is 0 Å². The van der Waals surface area contributed by atoms with E-state index in [9.17, 15) is 4.39 Å². The Hall–Kier alpha value is -1.00. The van der Waals surface area contributed by atoms with E-state index >= 15 is 0 Å². The number of nitrogens with zero attached hydrogens (tertiary/aromatic N) is 1. The minimum atomic E-state index is -0.446. The first-order chi connectivity index (χ1) is 7.92. The maximum atomic E-state index is 13.5. The van der Waals surface area contributed by atoms with Crippen LogP contribution in [0.1, 0.15) is 13.8 Å². The van der Waals surface area contributed by atoms with E-state index in [2.05, 4.69) is 4.90 Å². The van der Waals surface area contributed by atoms with Gasteiger partial charge in [0, 0.05) is 12.6 Å². The third-order valence-electron chi connectivity index (χ3n) is 3.01. The highest BCUT2D eigenvalue weighted by Gasteiger charge is 2.32. The van der Waals surface area contributed by atoms with E-state index < -0.39 is 5.82 Å². The summed E-state index contributed by atoms with van der Waals surface area (Å²) < 4.78 is 18.9. The van der Waals surface area contributed by atoms with Crippen LogP contribution in [0.4, 0.5) is 15.8 Å². The molecule has 1 aliphatic heterocycles. The van der Waals surface area contributed by atoms with Crippen molar-refractivity contribution < 1.29 is 9.13 Å². The van der Waals surface area contributed by atoms with Crippen LogP contribution in [0.15, 0.2) is 12.1 Å². The van der Waals surface area contributed by atoms with Crippen molar-refractivity contribution in [3.63, 3.8) is 0 Å². The lowest BCUT2D eigenvalue weighted by molar-refractivity contribution is 0.0644. The maximum absolute atomic E-state index is 13.5. The van der Waals surface area contributed by atoms with Gasteiger partial charge in [-0.1, -0.05) is 11.6 Å². The van der Waals surface area contributed by atoms with E-state index in [4.69, 9.17) is 22.1 Å². The van der Waals surface area contributed by atoms with Crippen molar-refractivity contribution in [1.82, 2.24) is 0 Å². The van der Waals surface area contributed by atoms with Crippen molar-refractivity contribution >= 4 is 23.0 Å². The molecule has 0 saturated carbocycles. The smallest absolute Gasteiger partial charge is 0.144 e. The highest BCUT2D eigenvalue weighted by atomic mass is 35.5. The molecule has 0 unspecified atom stereocenters. The molecule has 5 heteroatoms. The van der Waals surface area contributed by atoms with E-state index in [1.165, 1.54) is 12.1 Å². The number of morpholine rings is 1. The van der Waals surface area contributed by atoms with Gasteiger partial charge >= 0.3 is 0 Å². The first kappa shape index (κ1) is 12.5. The third-order valence-corrected chi connectivity index (χ3v) is 3.30. The molecule has 0 spiro atoms. The van der Waals surface area contributed by atoms with E-state index in [-0.39, 0.29) is 10.6 Å². The number of benzene rings is 1. The van der Waals surface area contributed by atoms with Crippen LogP contribution in [0, 0.1) is 5.82 Å². The van der Waals surface area contributed by atoms with Crippen molar-refractivity contribution in [2.45, 2.75) is 19.4 Å². The monoisotopic (exact) mass is 258 g/mol. The van der Waals surface area contributed by atoms with Gasteiger partial charge in [-0.05, 0) is 19.9 Å². The average Bonchev–Trinajstić information content (AvgIpc) is 2.23. The molecule has 1 aromatic rings. The number of nitrogen functional groups attached to an aromatic ring is 1. The van der Waals surface area contributed by atoms with Gasteiger partial charge in [0.05, 0.1) is 35.2 Å². The number of anilines is 2. The summed E-state index contributed by atoms with van der Waals surface area (Å²) in [6, 6.07) is 2.85. The summed E-state index contributed by atoms with van der Waals surface area (Å²) in [7, 11) is 0. The molecule has 0 radical (unpaired) electrons. The van der Waals surface area contributed by atoms with Crippen molar-refractivity contribution in [1.29, 1.82) is 0 Å². The molecule has 2 rings (SSSR count). The number of halogens is 2. The SMILES string of the molecule is CC1(C)COCCN1c1cc(F)c(Cl)cc1N. The van der Waals surface area contributed by atoms with Gasteiger partial charge in [0.25, 0.3) is 0 Å². The number of rotatable bonds is 1. The van der Waals surface area contributed by atoms with Crippen molar-refractivity contribution in [2.24, 2.45) is 0 Å². The molecule has 17 heavy (non-hydrogen) atoms. The van der Waals surface area contributed by atoms with Crippen molar-refractivity contribution in [3.05, 3.63) is 23.0 Å². The zero-order valence-corrected chi connectivity index (χ0v) is 10.7. The second-order valence-corrected chi connectivity index (χ2v) is 5.25. The molecular weight excluding hydrogens is 243 g/mol. The molecule has 1 saturated heterocycles. The fourth-order valence-electron chi connectivity index (χ4n) is 2.09. The molecule has 1 fully saturated rings. The van der Waals surface area contributed by atoms with E-state index in [1.54, 1.807) is 0 Å². The summed E-state index contributed by atoms with van der Waals surface area (Å²) in [5, 5.41) is 0.0531. The fourth-order valence-corrected chi connectivity index (χ4v) is 2.26. The van der Waals surface area contributed by atoms with Crippen molar-refractivity contribution in [3.8, 4) is 0 Å². The summed E-state index contributed by atoms with van der Waals surface area (Å²) in [5.74, 6) is -0.446. The van der Waals surface area contributed by atoms with Crippen molar-refractivity contribution in [2.75, 3.05) is 30.4 Å². The lowest BCUT2D eigenvalue weighted by atomic mass is 10.0.